The van der Waals surface area contributed by atoms with Crippen LogP contribution in [-0.4, -0.2) is 18.5 Å². The minimum absolute atomic E-state index is 0.222. The van der Waals surface area contributed by atoms with Crippen molar-refractivity contribution in [3.8, 4) is 11.3 Å². The Morgan fingerprint density at radius 1 is 1.07 bits per heavy atom. The maximum absolute atomic E-state index is 12.6. The molecule has 0 saturated carbocycles. The fourth-order valence-corrected chi connectivity index (χ4v) is 4.21. The number of hydrogen-bond acceptors (Lipinski definition) is 3. The Bertz CT molecular complexity index is 1010. The smallest absolute Gasteiger partial charge is 0.291 e. The Balaban J connectivity index is 1.45. The zero-order valence-corrected chi connectivity index (χ0v) is 17.6. The second kappa shape index (κ2) is 8.52. The van der Waals surface area contributed by atoms with Crippen LogP contribution in [-0.2, 0) is 0 Å². The van der Waals surface area contributed by atoms with E-state index in [1.165, 1.54) is 24.9 Å². The first-order chi connectivity index (χ1) is 14.0. The number of carbonyl (C=O) groups is 1. The van der Waals surface area contributed by atoms with Gasteiger partial charge >= 0.3 is 0 Å². The maximum atomic E-state index is 12.6. The summed E-state index contributed by atoms with van der Waals surface area (Å²) >= 11 is 12.2. The third-order valence-electron chi connectivity index (χ3n) is 5.29. The van der Waals surface area contributed by atoms with Crippen LogP contribution in [0.4, 0.5) is 11.4 Å². The van der Waals surface area contributed by atoms with E-state index in [-0.39, 0.29) is 11.7 Å². The fourth-order valence-electron chi connectivity index (χ4n) is 3.70. The average molecular weight is 429 g/mol. The average Bonchev–Trinajstić information content (AvgIpc) is 3.19. The number of amides is 1. The monoisotopic (exact) mass is 428 g/mol. The predicted octanol–water partition coefficient (Wildman–Crippen LogP) is 6.88. The summed E-state index contributed by atoms with van der Waals surface area (Å²) in [6, 6.07) is 17.0. The van der Waals surface area contributed by atoms with Crippen LogP contribution in [0.3, 0.4) is 0 Å². The molecule has 3 aromatic rings. The molecule has 1 aliphatic rings. The van der Waals surface area contributed by atoms with Crippen molar-refractivity contribution >= 4 is 40.5 Å². The Labute approximate surface area is 180 Å². The molecule has 6 heteroatoms. The second-order valence-corrected chi connectivity index (χ2v) is 8.17. The molecular weight excluding hydrogens is 407 g/mol. The molecule has 4 rings (SSSR count). The predicted molar refractivity (Wildman–Crippen MR) is 119 cm³/mol. The lowest BCUT2D eigenvalue weighted by Gasteiger charge is -2.35. The van der Waals surface area contributed by atoms with Gasteiger partial charge in [-0.3, -0.25) is 4.79 Å². The van der Waals surface area contributed by atoms with Gasteiger partial charge in [-0.2, -0.15) is 0 Å². The molecule has 0 bridgehead atoms. The third kappa shape index (κ3) is 4.44. The van der Waals surface area contributed by atoms with Crippen LogP contribution < -0.4 is 10.2 Å². The van der Waals surface area contributed by atoms with Crippen molar-refractivity contribution in [3.63, 3.8) is 0 Å². The molecule has 1 amide bonds. The number of furan rings is 1. The van der Waals surface area contributed by atoms with Crippen LogP contribution in [0.2, 0.25) is 10.0 Å². The molecule has 1 atom stereocenters. The lowest BCUT2D eigenvalue weighted by molar-refractivity contribution is 0.0997. The second-order valence-electron chi connectivity index (χ2n) is 7.33. The number of rotatable bonds is 4. The van der Waals surface area contributed by atoms with Gasteiger partial charge in [-0.1, -0.05) is 23.2 Å². The van der Waals surface area contributed by atoms with Crippen LogP contribution in [0, 0.1) is 0 Å². The molecule has 1 saturated heterocycles. The van der Waals surface area contributed by atoms with E-state index in [4.69, 9.17) is 27.6 Å². The van der Waals surface area contributed by atoms with E-state index in [1.54, 1.807) is 30.3 Å². The lowest BCUT2D eigenvalue weighted by atomic mass is 10.0. The van der Waals surface area contributed by atoms with Gasteiger partial charge in [0.15, 0.2) is 5.76 Å². The summed E-state index contributed by atoms with van der Waals surface area (Å²) in [6.45, 7) is 3.34. The summed E-state index contributed by atoms with van der Waals surface area (Å²) in [4.78, 5) is 15.0. The molecule has 0 aliphatic carbocycles. The van der Waals surface area contributed by atoms with Gasteiger partial charge in [0.05, 0.1) is 5.02 Å². The van der Waals surface area contributed by atoms with Gasteiger partial charge in [0.2, 0.25) is 0 Å². The van der Waals surface area contributed by atoms with Crippen molar-refractivity contribution in [3.05, 3.63) is 70.4 Å². The molecule has 2 aromatic carbocycles. The summed E-state index contributed by atoms with van der Waals surface area (Å²) in [6.07, 6.45) is 3.73. The van der Waals surface area contributed by atoms with E-state index < -0.39 is 0 Å². The Morgan fingerprint density at radius 3 is 2.59 bits per heavy atom. The molecular formula is C23H22Cl2N2O2. The molecule has 29 heavy (non-hydrogen) atoms. The first kappa shape index (κ1) is 19.9. The molecule has 1 N–H and O–H groups in total. The number of piperidine rings is 1. The molecule has 1 unspecified atom stereocenters. The summed E-state index contributed by atoms with van der Waals surface area (Å²) in [5.74, 6) is 0.437. The molecule has 2 heterocycles. The van der Waals surface area contributed by atoms with Crippen molar-refractivity contribution in [2.24, 2.45) is 0 Å². The first-order valence-corrected chi connectivity index (χ1v) is 10.5. The minimum atomic E-state index is -0.305. The Hall–Kier alpha value is -2.43. The van der Waals surface area contributed by atoms with Gasteiger partial charge in [0, 0.05) is 34.5 Å². The van der Waals surface area contributed by atoms with Crippen LogP contribution in [0.5, 0.6) is 0 Å². The van der Waals surface area contributed by atoms with Crippen molar-refractivity contribution in [2.45, 2.75) is 32.2 Å². The zero-order valence-electron chi connectivity index (χ0n) is 16.1. The number of benzene rings is 2. The molecule has 4 nitrogen and oxygen atoms in total. The fraction of sp³-hybridized carbons (Fsp3) is 0.261. The standard InChI is InChI=1S/C23H22Cl2N2O2/c1-15-4-2-3-13-27(15)18-8-6-17(7-9-18)26-23(28)22-12-11-21(29-22)19-10-5-16(24)14-20(19)25/h5-12,14-15H,2-4,13H2,1H3,(H,26,28). The van der Waals surface area contributed by atoms with E-state index in [2.05, 4.69) is 29.3 Å². The number of halogens is 2. The van der Waals surface area contributed by atoms with Gasteiger partial charge in [-0.15, -0.1) is 0 Å². The van der Waals surface area contributed by atoms with Crippen molar-refractivity contribution < 1.29 is 9.21 Å². The number of nitrogens with zero attached hydrogens (tertiary/aromatic N) is 1. The summed E-state index contributed by atoms with van der Waals surface area (Å²) in [5.41, 5.74) is 2.61. The van der Waals surface area contributed by atoms with E-state index in [9.17, 15) is 4.79 Å². The quantitative estimate of drug-likeness (QED) is 0.492. The molecule has 1 fully saturated rings. The third-order valence-corrected chi connectivity index (χ3v) is 5.83. The number of hydrogen-bond donors (Lipinski definition) is 1. The highest BCUT2D eigenvalue weighted by Crippen LogP contribution is 2.32. The summed E-state index contributed by atoms with van der Waals surface area (Å²) in [5, 5.41) is 3.90. The molecule has 1 aliphatic heterocycles. The van der Waals surface area contributed by atoms with Gasteiger partial charge in [-0.25, -0.2) is 0 Å². The number of nitrogens with one attached hydrogen (secondary N) is 1. The molecule has 150 valence electrons. The lowest BCUT2D eigenvalue weighted by Crippen LogP contribution is -2.37. The highest BCUT2D eigenvalue weighted by Gasteiger charge is 2.19. The molecule has 0 spiro atoms. The zero-order chi connectivity index (χ0) is 20.4. The van der Waals surface area contributed by atoms with Crippen molar-refractivity contribution in [1.82, 2.24) is 0 Å². The molecule has 1 aromatic heterocycles. The van der Waals surface area contributed by atoms with Crippen LogP contribution >= 0.6 is 23.2 Å². The van der Waals surface area contributed by atoms with E-state index in [0.29, 0.717) is 27.4 Å². The number of carbonyl (C=O) groups excluding carboxylic acids is 1. The maximum Gasteiger partial charge on any atom is 0.291 e. The number of anilines is 2. The van der Waals surface area contributed by atoms with Gasteiger partial charge < -0.3 is 14.6 Å². The van der Waals surface area contributed by atoms with Crippen LogP contribution in [0.1, 0.15) is 36.7 Å². The van der Waals surface area contributed by atoms with Crippen LogP contribution in [0.25, 0.3) is 11.3 Å². The van der Waals surface area contributed by atoms with Gasteiger partial charge in [-0.05, 0) is 80.8 Å². The SMILES string of the molecule is CC1CCCCN1c1ccc(NC(=O)c2ccc(-c3ccc(Cl)cc3Cl)o2)cc1. The summed E-state index contributed by atoms with van der Waals surface area (Å²) < 4.78 is 5.71. The summed E-state index contributed by atoms with van der Waals surface area (Å²) in [7, 11) is 0. The Morgan fingerprint density at radius 2 is 1.86 bits per heavy atom. The van der Waals surface area contributed by atoms with Crippen LogP contribution in [0.15, 0.2) is 59.0 Å². The first-order valence-electron chi connectivity index (χ1n) is 9.74. The van der Waals surface area contributed by atoms with E-state index in [0.717, 1.165) is 12.2 Å². The largest absolute Gasteiger partial charge is 0.451 e. The van der Waals surface area contributed by atoms with Crippen molar-refractivity contribution in [1.29, 1.82) is 0 Å². The highest BCUT2D eigenvalue weighted by molar-refractivity contribution is 6.36. The van der Waals surface area contributed by atoms with Gasteiger partial charge in [0.1, 0.15) is 5.76 Å². The van der Waals surface area contributed by atoms with E-state index in [1.807, 2.05) is 12.1 Å². The highest BCUT2D eigenvalue weighted by atomic mass is 35.5. The molecule has 0 radical (unpaired) electrons. The minimum Gasteiger partial charge on any atom is -0.451 e. The topological polar surface area (TPSA) is 45.5 Å². The van der Waals surface area contributed by atoms with Gasteiger partial charge in [0.25, 0.3) is 5.91 Å². The normalized spacial score (nSPS) is 16.7. The van der Waals surface area contributed by atoms with Crippen molar-refractivity contribution in [2.75, 3.05) is 16.8 Å². The Kier molecular flexibility index (Phi) is 5.84. The van der Waals surface area contributed by atoms with E-state index >= 15 is 0 Å².